The van der Waals surface area contributed by atoms with Gasteiger partial charge in [-0.25, -0.2) is 4.98 Å². The van der Waals surface area contributed by atoms with Gasteiger partial charge in [0.15, 0.2) is 17.2 Å². The molecule has 1 heterocycles. The Kier molecular flexibility index (Phi) is 2.46. The summed E-state index contributed by atoms with van der Waals surface area (Å²) in [6.45, 7) is 0. The molecule has 0 radical (unpaired) electrons. The van der Waals surface area contributed by atoms with Gasteiger partial charge < -0.3 is 15.2 Å². The molecule has 2 N–H and O–H groups in total. The normalized spacial score (nSPS) is 39.7. The van der Waals surface area contributed by atoms with E-state index in [9.17, 15) is 9.90 Å². The summed E-state index contributed by atoms with van der Waals surface area (Å²) in [7, 11) is 1.44. The predicted octanol–water partition coefficient (Wildman–Crippen LogP) is 1.40. The topological polar surface area (TPSA) is 71.5 Å². The Morgan fingerprint density at radius 1 is 1.50 bits per heavy atom. The average molecular weight is 295 g/mol. The monoisotopic (exact) mass is 294 g/mol. The average Bonchev–Trinajstić information content (AvgIpc) is 2.76. The van der Waals surface area contributed by atoms with Gasteiger partial charge in [-0.05, 0) is 30.1 Å². The number of methoxy groups -OCH3 is 1. The summed E-state index contributed by atoms with van der Waals surface area (Å²) in [6.07, 6.45) is 2.57. The van der Waals surface area contributed by atoms with E-state index in [0.29, 0.717) is 23.7 Å². The molecule has 4 aliphatic carbocycles. The highest BCUT2D eigenvalue weighted by Gasteiger charge is 2.73. The Balaban J connectivity index is 1.55. The van der Waals surface area contributed by atoms with Crippen molar-refractivity contribution in [2.24, 2.45) is 23.7 Å². The summed E-state index contributed by atoms with van der Waals surface area (Å²) in [4.78, 5) is 16.2. The molecule has 6 atom stereocenters. The van der Waals surface area contributed by atoms with E-state index >= 15 is 0 Å². The summed E-state index contributed by atoms with van der Waals surface area (Å²) in [5.74, 6) is 1.85. The standard InChI is InChI=1S/C14H15ClN2O3/c1-20-7-2-3-16-12(13(7)18)14(19)17-11-6-4-5-8(9(5)11)10(6)15/h2-3,5-6,8-11,18H,4H2,1H3,(H,17,19)/t5?,6?,8?,9?,10?,11-/m0/s1. The molecule has 1 aromatic rings. The van der Waals surface area contributed by atoms with E-state index in [4.69, 9.17) is 16.3 Å². The molecule has 1 aromatic heterocycles. The smallest absolute Gasteiger partial charge is 0.274 e. The Labute approximate surface area is 121 Å². The number of carbonyl (C=O) groups excluding carboxylic acids is 1. The van der Waals surface area contributed by atoms with Crippen LogP contribution in [-0.4, -0.2) is 34.5 Å². The SMILES string of the molecule is COc1ccnc(C(=O)N[C@H]2C3CC4C(C3Cl)C42)c1O. The van der Waals surface area contributed by atoms with E-state index in [1.54, 1.807) is 0 Å². The van der Waals surface area contributed by atoms with Crippen LogP contribution in [0.3, 0.4) is 0 Å². The highest BCUT2D eigenvalue weighted by Crippen LogP contribution is 2.71. The van der Waals surface area contributed by atoms with Crippen molar-refractivity contribution in [3.05, 3.63) is 18.0 Å². The lowest BCUT2D eigenvalue weighted by Gasteiger charge is -2.18. The third kappa shape index (κ3) is 1.44. The van der Waals surface area contributed by atoms with Crippen molar-refractivity contribution in [3.63, 3.8) is 0 Å². The minimum Gasteiger partial charge on any atom is -0.503 e. The number of nitrogens with one attached hydrogen (secondary N) is 1. The minimum absolute atomic E-state index is 0.0109. The Morgan fingerprint density at radius 2 is 2.30 bits per heavy atom. The molecule has 0 saturated heterocycles. The van der Waals surface area contributed by atoms with Gasteiger partial charge in [0, 0.05) is 23.7 Å². The van der Waals surface area contributed by atoms with Crippen molar-refractivity contribution in [1.29, 1.82) is 0 Å². The summed E-state index contributed by atoms with van der Waals surface area (Å²) >= 11 is 6.36. The summed E-state index contributed by atoms with van der Waals surface area (Å²) < 4.78 is 4.99. The second-order valence-electron chi connectivity index (χ2n) is 5.87. The molecule has 4 aliphatic rings. The highest BCUT2D eigenvalue weighted by atomic mass is 35.5. The van der Waals surface area contributed by atoms with Gasteiger partial charge >= 0.3 is 0 Å². The van der Waals surface area contributed by atoms with Crippen LogP contribution in [0.25, 0.3) is 0 Å². The van der Waals surface area contributed by atoms with Crippen LogP contribution in [0.4, 0.5) is 0 Å². The molecular formula is C14H15ClN2O3. The fourth-order valence-electron chi connectivity index (χ4n) is 4.25. The van der Waals surface area contributed by atoms with Crippen molar-refractivity contribution in [2.75, 3.05) is 7.11 Å². The number of aromatic nitrogens is 1. The van der Waals surface area contributed by atoms with Crippen LogP contribution in [0.2, 0.25) is 0 Å². The maximum absolute atomic E-state index is 12.3. The maximum atomic E-state index is 12.3. The molecular weight excluding hydrogens is 280 g/mol. The number of nitrogens with zero attached hydrogens (tertiary/aromatic N) is 1. The Bertz CT molecular complexity index is 594. The van der Waals surface area contributed by atoms with Gasteiger partial charge in [-0.3, -0.25) is 4.79 Å². The first-order valence-corrected chi connectivity index (χ1v) is 7.24. The number of carbonyl (C=O) groups is 1. The van der Waals surface area contributed by atoms with Crippen LogP contribution in [0.15, 0.2) is 12.3 Å². The summed E-state index contributed by atoms with van der Waals surface area (Å²) in [6, 6.07) is 1.65. The van der Waals surface area contributed by atoms with Crippen LogP contribution in [0, 0.1) is 23.7 Å². The zero-order valence-corrected chi connectivity index (χ0v) is 11.7. The first-order chi connectivity index (χ1) is 9.63. The number of aromatic hydroxyl groups is 1. The third-order valence-corrected chi connectivity index (χ3v) is 5.72. The number of hydrogen-bond acceptors (Lipinski definition) is 4. The van der Waals surface area contributed by atoms with E-state index in [0.717, 1.165) is 6.42 Å². The second-order valence-corrected chi connectivity index (χ2v) is 6.38. The van der Waals surface area contributed by atoms with E-state index in [2.05, 4.69) is 10.3 Å². The first-order valence-electron chi connectivity index (χ1n) is 6.80. The van der Waals surface area contributed by atoms with E-state index in [-0.39, 0.29) is 34.5 Å². The van der Waals surface area contributed by atoms with Gasteiger partial charge in [0.05, 0.1) is 7.11 Å². The molecule has 6 heteroatoms. The molecule has 0 spiro atoms. The van der Waals surface area contributed by atoms with Crippen molar-refractivity contribution in [2.45, 2.75) is 17.8 Å². The van der Waals surface area contributed by atoms with E-state index in [1.165, 1.54) is 19.4 Å². The van der Waals surface area contributed by atoms with Gasteiger partial charge in [-0.15, -0.1) is 11.6 Å². The number of alkyl halides is 1. The summed E-state index contributed by atoms with van der Waals surface area (Å²) in [5, 5.41) is 13.2. The predicted molar refractivity (Wildman–Crippen MR) is 71.9 cm³/mol. The first kappa shape index (κ1) is 12.3. The lowest BCUT2D eigenvalue weighted by atomic mass is 10.1. The maximum Gasteiger partial charge on any atom is 0.274 e. The molecule has 0 aliphatic heterocycles. The van der Waals surface area contributed by atoms with E-state index in [1.807, 2.05) is 0 Å². The second kappa shape index (κ2) is 4.01. The zero-order valence-electron chi connectivity index (χ0n) is 10.9. The van der Waals surface area contributed by atoms with Crippen molar-refractivity contribution in [1.82, 2.24) is 10.3 Å². The number of rotatable bonds is 3. The van der Waals surface area contributed by atoms with Gasteiger partial charge in [0.2, 0.25) is 0 Å². The molecule has 4 fully saturated rings. The van der Waals surface area contributed by atoms with Crippen LogP contribution < -0.4 is 10.1 Å². The molecule has 20 heavy (non-hydrogen) atoms. The number of halogens is 1. The number of pyridine rings is 1. The number of amides is 1. The van der Waals surface area contributed by atoms with Crippen molar-refractivity contribution >= 4 is 17.5 Å². The van der Waals surface area contributed by atoms with Crippen molar-refractivity contribution < 1.29 is 14.6 Å². The molecule has 4 saturated carbocycles. The molecule has 5 rings (SSSR count). The molecule has 106 valence electrons. The van der Waals surface area contributed by atoms with Crippen LogP contribution in [0.1, 0.15) is 16.9 Å². The third-order valence-electron chi connectivity index (χ3n) is 5.11. The molecule has 4 bridgehead atoms. The Morgan fingerprint density at radius 3 is 2.85 bits per heavy atom. The van der Waals surface area contributed by atoms with Crippen molar-refractivity contribution in [3.8, 4) is 11.5 Å². The lowest BCUT2D eigenvalue weighted by molar-refractivity contribution is 0.0919. The fraction of sp³-hybridized carbons (Fsp3) is 0.571. The highest BCUT2D eigenvalue weighted by molar-refractivity contribution is 6.22. The van der Waals surface area contributed by atoms with Gasteiger partial charge in [-0.1, -0.05) is 0 Å². The molecule has 0 aromatic carbocycles. The molecule has 5 nitrogen and oxygen atoms in total. The number of hydrogen-bond donors (Lipinski definition) is 2. The van der Waals surface area contributed by atoms with Gasteiger partial charge in [0.1, 0.15) is 0 Å². The number of ether oxygens (including phenoxy) is 1. The lowest BCUT2D eigenvalue weighted by Crippen LogP contribution is -2.39. The zero-order chi connectivity index (χ0) is 14.0. The van der Waals surface area contributed by atoms with Gasteiger partial charge in [0.25, 0.3) is 5.91 Å². The minimum atomic E-state index is -0.353. The summed E-state index contributed by atoms with van der Waals surface area (Å²) in [5.41, 5.74) is 0.0109. The van der Waals surface area contributed by atoms with E-state index < -0.39 is 0 Å². The van der Waals surface area contributed by atoms with Gasteiger partial charge in [-0.2, -0.15) is 0 Å². The van der Waals surface area contributed by atoms with Crippen LogP contribution in [0.5, 0.6) is 11.5 Å². The largest absolute Gasteiger partial charge is 0.503 e. The quantitative estimate of drug-likeness (QED) is 0.827. The Hall–Kier alpha value is -1.49. The van der Waals surface area contributed by atoms with Crippen LogP contribution in [-0.2, 0) is 0 Å². The molecule has 5 unspecified atom stereocenters. The fourth-order valence-corrected chi connectivity index (χ4v) is 4.86. The van der Waals surface area contributed by atoms with Crippen LogP contribution >= 0.6 is 11.6 Å². The molecule has 1 amide bonds.